The maximum atomic E-state index is 12.5. The van der Waals surface area contributed by atoms with Crippen molar-refractivity contribution in [1.82, 2.24) is 20.1 Å². The molecule has 1 heterocycles. The fourth-order valence-electron chi connectivity index (χ4n) is 3.60. The Bertz CT molecular complexity index is 841. The molecule has 1 fully saturated rings. The minimum absolute atomic E-state index is 0.0590. The molecule has 1 saturated carbocycles. The number of aromatic nitrogens is 3. The number of hydrogen-bond acceptors (Lipinski definition) is 5. The summed E-state index contributed by atoms with van der Waals surface area (Å²) in [6.45, 7) is 2.52. The normalized spacial score (nSPS) is 14.6. The molecule has 0 radical (unpaired) electrons. The molecule has 7 heteroatoms. The van der Waals surface area contributed by atoms with Gasteiger partial charge in [-0.1, -0.05) is 19.3 Å². The van der Waals surface area contributed by atoms with Gasteiger partial charge in [0.2, 0.25) is 5.91 Å². The van der Waals surface area contributed by atoms with Crippen LogP contribution in [0.1, 0.15) is 51.1 Å². The highest BCUT2D eigenvalue weighted by atomic mass is 16.5. The van der Waals surface area contributed by atoms with E-state index in [9.17, 15) is 9.59 Å². The average Bonchev–Trinajstić information content (AvgIpc) is 2.73. The monoisotopic (exact) mass is 384 g/mol. The molecule has 150 valence electrons. The maximum Gasteiger partial charge on any atom is 0.273 e. The number of nitrogens with one attached hydrogen (secondary N) is 1. The van der Waals surface area contributed by atoms with E-state index in [-0.39, 0.29) is 17.9 Å². The van der Waals surface area contributed by atoms with Crippen LogP contribution in [0, 0.1) is 0 Å². The Hall–Kier alpha value is -2.70. The predicted molar refractivity (Wildman–Crippen MR) is 107 cm³/mol. The molecular weight excluding hydrogens is 356 g/mol. The van der Waals surface area contributed by atoms with Gasteiger partial charge in [-0.2, -0.15) is 0 Å². The fraction of sp³-hybridized carbons (Fsp3) is 0.524. The molecule has 3 rings (SSSR count). The van der Waals surface area contributed by atoms with Crippen LogP contribution in [0.5, 0.6) is 5.75 Å². The molecule has 1 aliphatic rings. The van der Waals surface area contributed by atoms with Crippen LogP contribution in [-0.2, 0) is 11.2 Å². The lowest BCUT2D eigenvalue weighted by molar-refractivity contribution is -0.132. The van der Waals surface area contributed by atoms with E-state index in [0.717, 1.165) is 24.2 Å². The number of rotatable bonds is 7. The minimum atomic E-state index is -0.299. The lowest BCUT2D eigenvalue weighted by Gasteiger charge is -2.31. The molecule has 1 aromatic carbocycles. The summed E-state index contributed by atoms with van der Waals surface area (Å²) in [5.41, 5.74) is 0.750. The Kier molecular flexibility index (Phi) is 6.79. The number of H-pyrrole nitrogens is 1. The predicted octanol–water partition coefficient (Wildman–Crippen LogP) is 2.95. The first-order valence-corrected chi connectivity index (χ1v) is 10.0. The third-order valence-electron chi connectivity index (χ3n) is 5.29. The highest BCUT2D eigenvalue weighted by Crippen LogP contribution is 2.22. The van der Waals surface area contributed by atoms with E-state index in [1.54, 1.807) is 0 Å². The second-order valence-corrected chi connectivity index (χ2v) is 7.20. The molecule has 0 unspecified atom stereocenters. The van der Waals surface area contributed by atoms with Crippen LogP contribution in [-0.4, -0.2) is 45.7 Å². The van der Waals surface area contributed by atoms with Gasteiger partial charge in [0.1, 0.15) is 11.4 Å². The Labute approximate surface area is 165 Å². The number of aryl methyl sites for hydroxylation is 1. The van der Waals surface area contributed by atoms with Crippen molar-refractivity contribution in [3.8, 4) is 17.1 Å². The summed E-state index contributed by atoms with van der Waals surface area (Å²) in [6.07, 6.45) is 6.32. The van der Waals surface area contributed by atoms with Gasteiger partial charge < -0.3 is 14.6 Å². The van der Waals surface area contributed by atoms with Crippen molar-refractivity contribution >= 4 is 5.91 Å². The van der Waals surface area contributed by atoms with Crippen LogP contribution in [0.15, 0.2) is 29.1 Å². The summed E-state index contributed by atoms with van der Waals surface area (Å²) in [5, 5.41) is 8.19. The van der Waals surface area contributed by atoms with E-state index < -0.39 is 0 Å². The van der Waals surface area contributed by atoms with Crippen LogP contribution in [0.2, 0.25) is 0 Å². The zero-order chi connectivity index (χ0) is 19.9. The van der Waals surface area contributed by atoms with Crippen molar-refractivity contribution in [1.29, 1.82) is 0 Å². The van der Waals surface area contributed by atoms with E-state index in [2.05, 4.69) is 15.2 Å². The molecule has 0 aliphatic heterocycles. The third-order valence-corrected chi connectivity index (χ3v) is 5.29. The molecule has 7 nitrogen and oxygen atoms in total. The fourth-order valence-corrected chi connectivity index (χ4v) is 3.60. The third kappa shape index (κ3) is 4.97. The number of benzene rings is 1. The van der Waals surface area contributed by atoms with Crippen LogP contribution in [0.3, 0.4) is 0 Å². The van der Waals surface area contributed by atoms with Crippen LogP contribution in [0.25, 0.3) is 11.4 Å². The van der Waals surface area contributed by atoms with Crippen molar-refractivity contribution in [3.05, 3.63) is 40.3 Å². The van der Waals surface area contributed by atoms with Gasteiger partial charge in [0, 0.05) is 31.5 Å². The van der Waals surface area contributed by atoms with Crippen LogP contribution < -0.4 is 10.3 Å². The summed E-state index contributed by atoms with van der Waals surface area (Å²) < 4.78 is 5.41. The van der Waals surface area contributed by atoms with E-state index in [1.807, 2.05) is 43.1 Å². The Morgan fingerprint density at radius 2 is 1.89 bits per heavy atom. The van der Waals surface area contributed by atoms with Gasteiger partial charge in [0.05, 0.1) is 6.61 Å². The average molecular weight is 384 g/mol. The second kappa shape index (κ2) is 9.48. The summed E-state index contributed by atoms with van der Waals surface area (Å²) in [6, 6.07) is 7.63. The smallest absolute Gasteiger partial charge is 0.273 e. The molecule has 1 aliphatic carbocycles. The number of aromatic amines is 1. The number of ether oxygens (including phenoxy) is 1. The van der Waals surface area contributed by atoms with Crippen molar-refractivity contribution in [3.63, 3.8) is 0 Å². The van der Waals surface area contributed by atoms with Crippen molar-refractivity contribution in [2.75, 3.05) is 13.7 Å². The first kappa shape index (κ1) is 20.0. The molecule has 0 saturated heterocycles. The van der Waals surface area contributed by atoms with E-state index in [4.69, 9.17) is 4.74 Å². The van der Waals surface area contributed by atoms with Crippen LogP contribution >= 0.6 is 0 Å². The minimum Gasteiger partial charge on any atom is -0.494 e. The molecule has 0 atom stereocenters. The second-order valence-electron chi connectivity index (χ2n) is 7.20. The zero-order valence-corrected chi connectivity index (χ0v) is 16.6. The SMILES string of the molecule is CCOc1ccc(-c2nnc(CCC(=O)N(C)C3CCCCC3)c(=O)[nH]2)cc1. The quantitative estimate of drug-likeness (QED) is 0.793. The topological polar surface area (TPSA) is 88.2 Å². The van der Waals surface area contributed by atoms with Gasteiger partial charge in [0.15, 0.2) is 5.82 Å². The van der Waals surface area contributed by atoms with Gasteiger partial charge in [0.25, 0.3) is 5.56 Å². The Balaban J connectivity index is 1.61. The highest BCUT2D eigenvalue weighted by Gasteiger charge is 2.22. The maximum absolute atomic E-state index is 12.5. The first-order valence-electron chi connectivity index (χ1n) is 10.0. The molecule has 2 aromatic rings. The van der Waals surface area contributed by atoms with Crippen molar-refractivity contribution < 1.29 is 9.53 Å². The first-order chi connectivity index (χ1) is 13.6. The highest BCUT2D eigenvalue weighted by molar-refractivity contribution is 5.76. The summed E-state index contributed by atoms with van der Waals surface area (Å²) in [7, 11) is 1.86. The van der Waals surface area contributed by atoms with E-state index >= 15 is 0 Å². The van der Waals surface area contributed by atoms with Crippen LogP contribution in [0.4, 0.5) is 0 Å². The van der Waals surface area contributed by atoms with E-state index in [1.165, 1.54) is 19.3 Å². The zero-order valence-electron chi connectivity index (χ0n) is 16.6. The van der Waals surface area contributed by atoms with Gasteiger partial charge in [-0.25, -0.2) is 0 Å². The Morgan fingerprint density at radius 3 is 2.54 bits per heavy atom. The Morgan fingerprint density at radius 1 is 1.18 bits per heavy atom. The molecule has 28 heavy (non-hydrogen) atoms. The van der Waals surface area contributed by atoms with Gasteiger partial charge >= 0.3 is 0 Å². The van der Waals surface area contributed by atoms with Crippen molar-refractivity contribution in [2.45, 2.75) is 57.9 Å². The molecule has 1 N–H and O–H groups in total. The number of amides is 1. The summed E-state index contributed by atoms with van der Waals surface area (Å²) in [5.74, 6) is 1.23. The summed E-state index contributed by atoms with van der Waals surface area (Å²) >= 11 is 0. The molecule has 1 aromatic heterocycles. The molecule has 1 amide bonds. The largest absolute Gasteiger partial charge is 0.494 e. The molecular formula is C21H28N4O3. The lowest BCUT2D eigenvalue weighted by Crippen LogP contribution is -2.38. The van der Waals surface area contributed by atoms with Crippen molar-refractivity contribution in [2.24, 2.45) is 0 Å². The van der Waals surface area contributed by atoms with E-state index in [0.29, 0.717) is 30.6 Å². The summed E-state index contributed by atoms with van der Waals surface area (Å²) in [4.78, 5) is 29.4. The molecule has 0 spiro atoms. The van der Waals surface area contributed by atoms with Gasteiger partial charge in [-0.3, -0.25) is 9.59 Å². The van der Waals surface area contributed by atoms with Gasteiger partial charge in [-0.05, 0) is 44.0 Å². The molecule has 0 bridgehead atoms. The number of carbonyl (C=O) groups excluding carboxylic acids is 1. The number of carbonyl (C=O) groups is 1. The lowest BCUT2D eigenvalue weighted by atomic mass is 9.94. The van der Waals surface area contributed by atoms with Gasteiger partial charge in [-0.15, -0.1) is 10.2 Å². The number of hydrogen-bond donors (Lipinski definition) is 1. The number of nitrogens with zero attached hydrogens (tertiary/aromatic N) is 3. The standard InChI is InChI=1S/C21H28N4O3/c1-3-28-17-11-9-15(10-12-17)20-22-21(27)18(23-24-20)13-14-19(26)25(2)16-7-5-4-6-8-16/h9-12,16H,3-8,13-14H2,1-2H3,(H,22,24,27).